The van der Waals surface area contributed by atoms with Crippen LogP contribution in [0.1, 0.15) is 23.2 Å². The van der Waals surface area contributed by atoms with Gasteiger partial charge in [-0.05, 0) is 30.7 Å². The Balaban J connectivity index is 1.41. The van der Waals surface area contributed by atoms with E-state index < -0.39 is 5.63 Å². The predicted octanol–water partition coefficient (Wildman–Crippen LogP) is 4.33. The van der Waals surface area contributed by atoms with Crippen LogP contribution in [0.15, 0.2) is 69.9 Å². The average Bonchev–Trinajstić information content (AvgIpc) is 2.69. The summed E-state index contributed by atoms with van der Waals surface area (Å²) >= 11 is 0. The van der Waals surface area contributed by atoms with Crippen molar-refractivity contribution in [3.8, 4) is 0 Å². The fraction of sp³-hybridized carbons (Fsp3) is 0.174. The van der Waals surface area contributed by atoms with Gasteiger partial charge in [-0.2, -0.15) is 0 Å². The maximum atomic E-state index is 12.2. The molecule has 140 valence electrons. The predicted molar refractivity (Wildman–Crippen MR) is 107 cm³/mol. The molecule has 5 heteroatoms. The highest BCUT2D eigenvalue weighted by Crippen LogP contribution is 2.19. The van der Waals surface area contributed by atoms with Crippen molar-refractivity contribution in [1.82, 2.24) is 4.98 Å². The number of carbonyl (C=O) groups excluding carboxylic acids is 1. The molecule has 4 rings (SSSR count). The van der Waals surface area contributed by atoms with Gasteiger partial charge in [0.1, 0.15) is 12.2 Å². The van der Waals surface area contributed by atoms with Gasteiger partial charge in [-0.25, -0.2) is 4.79 Å². The maximum Gasteiger partial charge on any atom is 0.336 e. The molecule has 0 aliphatic carbocycles. The van der Waals surface area contributed by atoms with Gasteiger partial charge < -0.3 is 9.15 Å². The number of para-hydroxylation sites is 1. The number of esters is 1. The SMILES string of the molecule is Cc1ccc2c(COC(=O)CCc3ccc4ccccc4n3)cc(=O)oc2c1. The van der Waals surface area contributed by atoms with Crippen molar-refractivity contribution in [3.63, 3.8) is 0 Å². The van der Waals surface area contributed by atoms with Gasteiger partial charge in [0.2, 0.25) is 0 Å². The van der Waals surface area contributed by atoms with E-state index >= 15 is 0 Å². The first-order chi connectivity index (χ1) is 13.6. The van der Waals surface area contributed by atoms with Crippen LogP contribution in [-0.4, -0.2) is 11.0 Å². The summed E-state index contributed by atoms with van der Waals surface area (Å²) in [4.78, 5) is 28.5. The minimum atomic E-state index is -0.454. The van der Waals surface area contributed by atoms with Gasteiger partial charge >= 0.3 is 11.6 Å². The Morgan fingerprint density at radius 2 is 1.93 bits per heavy atom. The molecule has 2 aromatic carbocycles. The molecule has 28 heavy (non-hydrogen) atoms. The van der Waals surface area contributed by atoms with Crippen molar-refractivity contribution in [3.05, 3.63) is 87.9 Å². The molecule has 0 aliphatic heterocycles. The first-order valence-corrected chi connectivity index (χ1v) is 9.12. The van der Waals surface area contributed by atoms with Crippen LogP contribution in [0.25, 0.3) is 21.9 Å². The monoisotopic (exact) mass is 373 g/mol. The van der Waals surface area contributed by atoms with E-state index in [1.165, 1.54) is 6.07 Å². The second-order valence-electron chi connectivity index (χ2n) is 6.75. The Hall–Kier alpha value is -3.47. The molecule has 4 aromatic rings. The highest BCUT2D eigenvalue weighted by molar-refractivity contribution is 5.81. The summed E-state index contributed by atoms with van der Waals surface area (Å²) in [5.74, 6) is -0.330. The van der Waals surface area contributed by atoms with Crippen molar-refractivity contribution in [2.24, 2.45) is 0 Å². The molecule has 0 amide bonds. The van der Waals surface area contributed by atoms with Crippen LogP contribution in [0.2, 0.25) is 0 Å². The standard InChI is InChI=1S/C23H19NO4/c1-15-6-10-19-17(13-23(26)28-21(19)12-15)14-27-22(25)11-9-18-8-7-16-4-2-3-5-20(16)24-18/h2-8,10,12-13H,9,11,14H2,1H3. The molecule has 0 atom stereocenters. The molecular weight excluding hydrogens is 354 g/mol. The molecule has 2 aromatic heterocycles. The molecule has 0 aliphatic rings. The fourth-order valence-corrected chi connectivity index (χ4v) is 3.16. The largest absolute Gasteiger partial charge is 0.461 e. The van der Waals surface area contributed by atoms with Crippen molar-refractivity contribution < 1.29 is 13.9 Å². The van der Waals surface area contributed by atoms with Crippen LogP contribution in [0.4, 0.5) is 0 Å². The van der Waals surface area contributed by atoms with Crippen molar-refractivity contribution in [2.75, 3.05) is 0 Å². The lowest BCUT2D eigenvalue weighted by atomic mass is 10.1. The number of hydrogen-bond acceptors (Lipinski definition) is 5. The number of carbonyl (C=O) groups is 1. The zero-order chi connectivity index (χ0) is 19.5. The number of pyridine rings is 1. The van der Waals surface area contributed by atoms with Gasteiger partial charge in [-0.15, -0.1) is 0 Å². The molecule has 0 bridgehead atoms. The Kier molecular flexibility index (Phi) is 4.89. The number of ether oxygens (including phenoxy) is 1. The second-order valence-corrected chi connectivity index (χ2v) is 6.75. The maximum absolute atomic E-state index is 12.2. The summed E-state index contributed by atoms with van der Waals surface area (Å²) in [5.41, 5.74) is 3.43. The zero-order valence-electron chi connectivity index (χ0n) is 15.5. The van der Waals surface area contributed by atoms with E-state index in [0.717, 1.165) is 27.5 Å². The number of nitrogens with zero attached hydrogens (tertiary/aromatic N) is 1. The quantitative estimate of drug-likeness (QED) is 0.385. The molecule has 0 unspecified atom stereocenters. The number of aromatic nitrogens is 1. The summed E-state index contributed by atoms with van der Waals surface area (Å²) in [6, 6.07) is 18.8. The minimum Gasteiger partial charge on any atom is -0.461 e. The van der Waals surface area contributed by atoms with Crippen molar-refractivity contribution >= 4 is 27.8 Å². The zero-order valence-corrected chi connectivity index (χ0v) is 15.5. The molecule has 2 heterocycles. The Bertz CT molecular complexity index is 1230. The first-order valence-electron chi connectivity index (χ1n) is 9.12. The van der Waals surface area contributed by atoms with Gasteiger partial charge in [-0.1, -0.05) is 36.4 Å². The van der Waals surface area contributed by atoms with E-state index in [2.05, 4.69) is 4.98 Å². The Labute approximate surface area is 161 Å². The Morgan fingerprint density at radius 1 is 1.07 bits per heavy atom. The number of fused-ring (bicyclic) bond motifs is 2. The topological polar surface area (TPSA) is 69.4 Å². The first kappa shape index (κ1) is 17.9. The van der Waals surface area contributed by atoms with E-state index in [1.54, 1.807) is 6.07 Å². The molecule has 0 saturated heterocycles. The van der Waals surface area contributed by atoms with Crippen LogP contribution in [0.5, 0.6) is 0 Å². The van der Waals surface area contributed by atoms with Crippen LogP contribution in [0.3, 0.4) is 0 Å². The second kappa shape index (κ2) is 7.64. The molecule has 0 fully saturated rings. The van der Waals surface area contributed by atoms with E-state index in [1.807, 2.05) is 55.5 Å². The number of rotatable bonds is 5. The van der Waals surface area contributed by atoms with E-state index in [0.29, 0.717) is 17.6 Å². The fourth-order valence-electron chi connectivity index (χ4n) is 3.16. The molecule has 0 N–H and O–H groups in total. The lowest BCUT2D eigenvalue weighted by Crippen LogP contribution is -2.09. The van der Waals surface area contributed by atoms with Crippen molar-refractivity contribution in [2.45, 2.75) is 26.4 Å². The number of aryl methyl sites for hydroxylation is 2. The average molecular weight is 373 g/mol. The summed E-state index contributed by atoms with van der Waals surface area (Å²) in [7, 11) is 0. The smallest absolute Gasteiger partial charge is 0.336 e. The number of benzene rings is 2. The van der Waals surface area contributed by atoms with Crippen molar-refractivity contribution in [1.29, 1.82) is 0 Å². The molecule has 0 saturated carbocycles. The van der Waals surface area contributed by atoms with Gasteiger partial charge in [0, 0.05) is 34.5 Å². The van der Waals surface area contributed by atoms with Crippen LogP contribution < -0.4 is 5.63 Å². The van der Waals surface area contributed by atoms with E-state index in [-0.39, 0.29) is 19.0 Å². The van der Waals surface area contributed by atoms with Gasteiger partial charge in [0.15, 0.2) is 0 Å². The van der Waals surface area contributed by atoms with Gasteiger partial charge in [0.25, 0.3) is 0 Å². The lowest BCUT2D eigenvalue weighted by molar-refractivity contribution is -0.144. The summed E-state index contributed by atoms with van der Waals surface area (Å²) < 4.78 is 10.6. The third kappa shape index (κ3) is 3.93. The lowest BCUT2D eigenvalue weighted by Gasteiger charge is -2.08. The molecule has 0 spiro atoms. The summed E-state index contributed by atoms with van der Waals surface area (Å²) in [6.45, 7) is 1.96. The molecule has 0 radical (unpaired) electrons. The number of hydrogen-bond donors (Lipinski definition) is 0. The third-order valence-electron chi connectivity index (χ3n) is 4.62. The van der Waals surface area contributed by atoms with E-state index in [4.69, 9.17) is 9.15 Å². The molecular formula is C23H19NO4. The van der Waals surface area contributed by atoms with Crippen LogP contribution in [-0.2, 0) is 22.6 Å². The minimum absolute atomic E-state index is 0.0368. The molecule has 5 nitrogen and oxygen atoms in total. The highest BCUT2D eigenvalue weighted by Gasteiger charge is 2.10. The van der Waals surface area contributed by atoms with Gasteiger partial charge in [0.05, 0.1) is 11.9 Å². The summed E-state index contributed by atoms with van der Waals surface area (Å²) in [5, 5.41) is 1.84. The third-order valence-corrected chi connectivity index (χ3v) is 4.62. The van der Waals surface area contributed by atoms with E-state index in [9.17, 15) is 9.59 Å². The Morgan fingerprint density at radius 3 is 2.82 bits per heavy atom. The van der Waals surface area contributed by atoms with Crippen LogP contribution >= 0.6 is 0 Å². The highest BCUT2D eigenvalue weighted by atomic mass is 16.5. The van der Waals surface area contributed by atoms with Gasteiger partial charge in [-0.3, -0.25) is 9.78 Å². The summed E-state index contributed by atoms with van der Waals surface area (Å²) in [6.07, 6.45) is 0.727. The normalized spacial score (nSPS) is 11.0. The van der Waals surface area contributed by atoms with Crippen LogP contribution in [0, 0.1) is 6.92 Å².